The molecule has 0 saturated carbocycles. The van der Waals surface area contributed by atoms with Gasteiger partial charge in [0.1, 0.15) is 11.7 Å². The number of aromatic nitrogens is 1. The molecule has 1 aromatic rings. The van der Waals surface area contributed by atoms with Crippen molar-refractivity contribution < 1.29 is 9.59 Å². The van der Waals surface area contributed by atoms with E-state index in [1.807, 2.05) is 18.7 Å². The molecule has 2 rings (SSSR count). The van der Waals surface area contributed by atoms with Gasteiger partial charge in [-0.05, 0) is 13.8 Å². The van der Waals surface area contributed by atoms with Crippen molar-refractivity contribution in [3.63, 3.8) is 0 Å². The Labute approximate surface area is 116 Å². The molecule has 2 N–H and O–H groups in total. The first-order valence-corrected chi connectivity index (χ1v) is 7.17. The lowest BCUT2D eigenvalue weighted by Gasteiger charge is -2.41. The molecule has 19 heavy (non-hydrogen) atoms. The third kappa shape index (κ3) is 2.93. The fourth-order valence-electron chi connectivity index (χ4n) is 2.33. The highest BCUT2D eigenvalue weighted by Crippen LogP contribution is 2.15. The molecule has 1 atom stereocenters. The van der Waals surface area contributed by atoms with E-state index in [0.29, 0.717) is 25.3 Å². The van der Waals surface area contributed by atoms with Crippen LogP contribution >= 0.6 is 11.3 Å². The van der Waals surface area contributed by atoms with Crippen LogP contribution in [0.2, 0.25) is 0 Å². The highest BCUT2D eigenvalue weighted by atomic mass is 32.1. The highest BCUT2D eigenvalue weighted by Gasteiger charge is 2.34. The van der Waals surface area contributed by atoms with E-state index in [2.05, 4.69) is 4.98 Å². The van der Waals surface area contributed by atoms with Crippen molar-refractivity contribution in [2.75, 3.05) is 19.6 Å². The van der Waals surface area contributed by atoms with E-state index in [9.17, 15) is 9.59 Å². The summed E-state index contributed by atoms with van der Waals surface area (Å²) in [7, 11) is 0. The number of nitrogens with two attached hydrogens (primary N) is 1. The Bertz CT molecular complexity index is 460. The molecule has 6 nitrogen and oxygen atoms in total. The van der Waals surface area contributed by atoms with Gasteiger partial charge in [0.2, 0.25) is 5.91 Å². The monoisotopic (exact) mass is 282 g/mol. The molecule has 2 heterocycles. The van der Waals surface area contributed by atoms with Gasteiger partial charge in [-0.15, -0.1) is 11.3 Å². The summed E-state index contributed by atoms with van der Waals surface area (Å²) in [6.07, 6.45) is 0. The Morgan fingerprint density at radius 1 is 1.47 bits per heavy atom. The van der Waals surface area contributed by atoms with Gasteiger partial charge < -0.3 is 10.6 Å². The van der Waals surface area contributed by atoms with Gasteiger partial charge in [-0.1, -0.05) is 0 Å². The van der Waals surface area contributed by atoms with Gasteiger partial charge >= 0.3 is 0 Å². The van der Waals surface area contributed by atoms with Crippen molar-refractivity contribution in [2.24, 2.45) is 5.73 Å². The quantitative estimate of drug-likeness (QED) is 0.856. The lowest BCUT2D eigenvalue weighted by Crippen LogP contribution is -2.61. The first-order chi connectivity index (χ1) is 9.00. The number of thiazole rings is 1. The van der Waals surface area contributed by atoms with Gasteiger partial charge in [0, 0.05) is 31.1 Å². The molecule has 1 fully saturated rings. The zero-order valence-electron chi connectivity index (χ0n) is 11.1. The van der Waals surface area contributed by atoms with Crippen LogP contribution < -0.4 is 5.73 Å². The molecule has 1 aromatic heterocycles. The van der Waals surface area contributed by atoms with E-state index >= 15 is 0 Å². The van der Waals surface area contributed by atoms with Gasteiger partial charge in [-0.2, -0.15) is 0 Å². The molecule has 0 aromatic carbocycles. The minimum absolute atomic E-state index is 0.129. The number of primary amides is 1. The summed E-state index contributed by atoms with van der Waals surface area (Å²) >= 11 is 1.38. The Hall–Kier alpha value is -1.47. The fraction of sp³-hybridized carbons (Fsp3) is 0.583. The van der Waals surface area contributed by atoms with Crippen molar-refractivity contribution in [2.45, 2.75) is 25.9 Å². The van der Waals surface area contributed by atoms with E-state index in [1.54, 1.807) is 15.8 Å². The molecular weight excluding hydrogens is 264 g/mol. The van der Waals surface area contributed by atoms with Crippen LogP contribution in [0.1, 0.15) is 24.3 Å². The van der Waals surface area contributed by atoms with E-state index < -0.39 is 6.04 Å². The molecular formula is C12H18N4O2S. The molecule has 1 aliphatic heterocycles. The van der Waals surface area contributed by atoms with Gasteiger partial charge in [0.25, 0.3) is 5.91 Å². The topological polar surface area (TPSA) is 79.5 Å². The minimum atomic E-state index is -0.420. The smallest absolute Gasteiger partial charge is 0.273 e. The second-order valence-corrected chi connectivity index (χ2v) is 5.59. The first-order valence-electron chi connectivity index (χ1n) is 6.23. The van der Waals surface area contributed by atoms with Crippen LogP contribution in [0.25, 0.3) is 0 Å². The highest BCUT2D eigenvalue weighted by molar-refractivity contribution is 7.07. The Balaban J connectivity index is 2.11. The van der Waals surface area contributed by atoms with Gasteiger partial charge in [-0.3, -0.25) is 14.5 Å². The summed E-state index contributed by atoms with van der Waals surface area (Å²) in [5.74, 6) is -0.514. The second kappa shape index (κ2) is 5.66. The zero-order valence-corrected chi connectivity index (χ0v) is 11.9. The number of hydrogen-bond acceptors (Lipinski definition) is 5. The lowest BCUT2D eigenvalue weighted by atomic mass is 10.1. The minimum Gasteiger partial charge on any atom is -0.368 e. The number of amides is 2. The molecule has 0 aliphatic carbocycles. The van der Waals surface area contributed by atoms with Gasteiger partial charge in [-0.25, -0.2) is 4.98 Å². The Morgan fingerprint density at radius 3 is 2.74 bits per heavy atom. The number of nitrogens with zero attached hydrogens (tertiary/aromatic N) is 3. The fourth-order valence-corrected chi connectivity index (χ4v) is 2.86. The van der Waals surface area contributed by atoms with Crippen LogP contribution in [0, 0.1) is 0 Å². The van der Waals surface area contributed by atoms with E-state index in [4.69, 9.17) is 5.73 Å². The van der Waals surface area contributed by atoms with Crippen LogP contribution in [-0.4, -0.2) is 58.3 Å². The van der Waals surface area contributed by atoms with Crippen molar-refractivity contribution in [1.82, 2.24) is 14.8 Å². The molecule has 1 saturated heterocycles. The van der Waals surface area contributed by atoms with E-state index in [-0.39, 0.29) is 17.9 Å². The average molecular weight is 282 g/mol. The zero-order chi connectivity index (χ0) is 14.0. The van der Waals surface area contributed by atoms with Crippen molar-refractivity contribution >= 4 is 23.2 Å². The van der Waals surface area contributed by atoms with Gasteiger partial charge in [0.05, 0.1) is 5.51 Å². The van der Waals surface area contributed by atoms with Crippen LogP contribution in [0.15, 0.2) is 10.9 Å². The normalized spacial score (nSPS) is 20.8. The predicted molar refractivity (Wildman–Crippen MR) is 72.8 cm³/mol. The molecule has 2 amide bonds. The molecule has 0 spiro atoms. The summed E-state index contributed by atoms with van der Waals surface area (Å²) < 4.78 is 0. The third-order valence-electron chi connectivity index (χ3n) is 3.35. The van der Waals surface area contributed by atoms with Gasteiger partial charge in [0.15, 0.2) is 0 Å². The summed E-state index contributed by atoms with van der Waals surface area (Å²) in [6, 6.07) is -0.189. The molecule has 1 unspecified atom stereocenters. The number of hydrogen-bond donors (Lipinski definition) is 1. The molecule has 0 bridgehead atoms. The largest absolute Gasteiger partial charge is 0.368 e. The summed E-state index contributed by atoms with van der Waals surface area (Å²) in [5.41, 5.74) is 7.51. The second-order valence-electron chi connectivity index (χ2n) is 4.87. The summed E-state index contributed by atoms with van der Waals surface area (Å²) in [5, 5.41) is 1.72. The Morgan fingerprint density at radius 2 is 2.21 bits per heavy atom. The van der Waals surface area contributed by atoms with E-state index in [0.717, 1.165) is 0 Å². The van der Waals surface area contributed by atoms with Crippen molar-refractivity contribution in [3.8, 4) is 0 Å². The maximum Gasteiger partial charge on any atom is 0.273 e. The van der Waals surface area contributed by atoms with Crippen molar-refractivity contribution in [3.05, 3.63) is 16.6 Å². The third-order valence-corrected chi connectivity index (χ3v) is 3.94. The van der Waals surface area contributed by atoms with Crippen LogP contribution in [0.3, 0.4) is 0 Å². The number of rotatable bonds is 3. The van der Waals surface area contributed by atoms with Crippen LogP contribution in [0.4, 0.5) is 0 Å². The number of carbonyl (C=O) groups excluding carboxylic acids is 2. The molecule has 104 valence electrons. The lowest BCUT2D eigenvalue weighted by molar-refractivity contribution is -0.126. The number of piperazine rings is 1. The molecule has 0 radical (unpaired) electrons. The molecule has 1 aliphatic rings. The van der Waals surface area contributed by atoms with Crippen LogP contribution in [0.5, 0.6) is 0 Å². The van der Waals surface area contributed by atoms with E-state index in [1.165, 1.54) is 11.3 Å². The maximum atomic E-state index is 12.2. The molecule has 7 heteroatoms. The van der Waals surface area contributed by atoms with Crippen LogP contribution in [-0.2, 0) is 4.79 Å². The summed E-state index contributed by atoms with van der Waals surface area (Å²) in [4.78, 5) is 31.5. The standard InChI is InChI=1S/C12H18N4O2S/c1-8(2)16-4-3-15(5-10(16)11(13)17)12(18)9-6-19-7-14-9/h6-8,10H,3-5H2,1-2H3,(H2,13,17). The van der Waals surface area contributed by atoms with Crippen molar-refractivity contribution in [1.29, 1.82) is 0 Å². The Kier molecular flexibility index (Phi) is 4.16. The SMILES string of the molecule is CC(C)N1CCN(C(=O)c2cscn2)CC1C(N)=O. The first kappa shape index (κ1) is 14.0. The predicted octanol–water partition coefficient (Wildman–Crippen LogP) is 0.163. The number of carbonyl (C=O) groups is 2. The average Bonchev–Trinajstić information content (AvgIpc) is 2.90. The maximum absolute atomic E-state index is 12.2. The summed E-state index contributed by atoms with van der Waals surface area (Å²) in [6.45, 7) is 5.63.